The third kappa shape index (κ3) is 14.1. The SMILES string of the molecule is [2H]c1c([2H])c([2H])c(-c2ccc3c(c2)N(c2cc(-c4ccccc4)cc(-c4ccccc4)c2)c2cc(N(c4ccc(-n5c6c([2H])c([2H])c([2H])c([2H])c6c6c([2H])c([2H])c([2H])c([2H])c65)cc4)c4c([2H])c([2H])c(-n5c6ccc(C(C)(C)C)cc6c6cc(C(C)(C)C)ccc65)c([2H])c4[2H])cc4c2B3c2ccc(-n3c5ccc(C(C)C)cc5c5cc(C(C)(C)C)ccc53)cc2N4c2c(-c3ccccc3)cc(C(C)(C)C)cc2-c2ccccc2)c([2H])c1[2H]. The zero-order chi connectivity index (χ0) is 106. The van der Waals surface area contributed by atoms with Crippen LogP contribution in [-0.4, -0.2) is 20.4 Å². The molecule has 0 spiro atoms. The van der Waals surface area contributed by atoms with Gasteiger partial charge >= 0.3 is 0 Å². The first-order valence-corrected chi connectivity index (χ1v) is 46.3. The van der Waals surface area contributed by atoms with Crippen molar-refractivity contribution in [1.82, 2.24) is 13.7 Å². The van der Waals surface area contributed by atoms with E-state index in [2.05, 4.69) is 299 Å². The summed E-state index contributed by atoms with van der Waals surface area (Å²) in [6, 6.07) is 93.3. The van der Waals surface area contributed by atoms with Crippen LogP contribution in [-0.2, 0) is 21.7 Å². The lowest BCUT2D eigenvalue weighted by atomic mass is 9.33. The maximum Gasteiger partial charge on any atom is 0.252 e. The second kappa shape index (κ2) is 31.8. The van der Waals surface area contributed by atoms with Crippen LogP contribution in [0.2, 0.25) is 0 Å². The zero-order valence-electron chi connectivity index (χ0n) is 94.6. The molecule has 0 fully saturated rings. The van der Waals surface area contributed by atoms with Crippen molar-refractivity contribution in [2.24, 2.45) is 0 Å². The minimum absolute atomic E-state index is 0.0208. The van der Waals surface area contributed by atoms with E-state index in [-0.39, 0.29) is 78.0 Å². The average Bonchev–Trinajstić information content (AvgIpc) is 1.32. The van der Waals surface area contributed by atoms with E-state index in [9.17, 15) is 19.2 Å². The van der Waals surface area contributed by atoms with Crippen LogP contribution in [0.1, 0.15) is 154 Å². The van der Waals surface area contributed by atoms with Crippen molar-refractivity contribution < 1.29 is 23.3 Å². The van der Waals surface area contributed by atoms with E-state index >= 15 is 0 Å². The lowest BCUT2D eigenvalue weighted by molar-refractivity contribution is 0.590. The van der Waals surface area contributed by atoms with E-state index in [1.807, 2.05) is 89.5 Å². The highest BCUT2D eigenvalue weighted by Gasteiger charge is 2.46. The molecule has 23 rings (SSSR count). The van der Waals surface area contributed by atoms with Crippen LogP contribution in [0.25, 0.3) is 138 Å². The molecule has 0 saturated carbocycles. The van der Waals surface area contributed by atoms with Crippen LogP contribution >= 0.6 is 0 Å². The molecule has 0 atom stereocenters. The molecule has 5 heterocycles. The maximum atomic E-state index is 11.4. The molecule has 0 saturated heterocycles. The number of fused-ring (bicyclic) bond motifs is 13. The van der Waals surface area contributed by atoms with Gasteiger partial charge in [0.1, 0.15) is 0 Å². The summed E-state index contributed by atoms with van der Waals surface area (Å²) in [6.45, 7) is 30.0. The summed E-state index contributed by atoms with van der Waals surface area (Å²) in [5.74, 6) is 0.186. The molecule has 21 aromatic rings. The molecule has 0 radical (unpaired) electrons. The van der Waals surface area contributed by atoms with Gasteiger partial charge in [0, 0.05) is 100 Å². The molecule has 7 heteroatoms. The third-order valence-corrected chi connectivity index (χ3v) is 27.4. The predicted molar refractivity (Wildman–Crippen MR) is 574 cm³/mol. The number of nitrogens with zero attached hydrogens (tertiary/aromatic N) is 6. The summed E-state index contributed by atoms with van der Waals surface area (Å²) >= 11 is 0. The van der Waals surface area contributed by atoms with Crippen molar-refractivity contribution in [2.45, 2.75) is 125 Å². The highest BCUT2D eigenvalue weighted by molar-refractivity contribution is 7.00. The first-order chi connectivity index (χ1) is 71.9. The average molecular weight is 1750 g/mol. The molecule has 0 unspecified atom stereocenters. The molecule has 650 valence electrons. The van der Waals surface area contributed by atoms with Gasteiger partial charge in [-0.25, -0.2) is 0 Å². The normalized spacial score (nSPS) is 14.6. The fourth-order valence-corrected chi connectivity index (χ4v) is 20.3. The van der Waals surface area contributed by atoms with E-state index in [1.54, 1.807) is 29.2 Å². The Morgan fingerprint density at radius 1 is 0.261 bits per heavy atom. The maximum absolute atomic E-state index is 11.4. The van der Waals surface area contributed by atoms with Crippen molar-refractivity contribution >= 4 is 140 Å². The molecule has 2 aliphatic heterocycles. The first-order valence-electron chi connectivity index (χ1n) is 54.8. The van der Waals surface area contributed by atoms with Gasteiger partial charge in [-0.15, -0.1) is 0 Å². The number of hydrogen-bond donors (Lipinski definition) is 0. The largest absolute Gasteiger partial charge is 0.311 e. The minimum atomic E-state index is -0.800. The second-order valence-electron chi connectivity index (χ2n) is 40.3. The standard InChI is InChI=1S/C127H109BN6/c1-81(2)87-49-64-114-106(71-87)107-73-91(124(3,4)5)52-67-117(107)132(114)99-61-63-111-119(78-99)134(123-104(85-40-26-18-27-41-85)76-94(127(12,13)14)77-105(123)86-42-28-19-29-43-86)121-80-101(79-120-122(121)128(111)110-62-48-88(82-34-20-15-21-35-82)72-118(110)133(120)100-69-89(83-36-22-16-23-37-83)68-90(70-100)84-38-24-17-25-39-84)129(95-53-57-97(58-54-95)130-112-46-32-30-44-102(112)103-45-31-33-47-113(103)130)96-55-59-98(60-56-96)131-115-65-50-92(125(6,7)8)74-108(115)109-75-93(126(9,10)11)51-66-116(109)131/h15-81H,1-14H3/i15D,20D,21D,30D,31D,32D,33D,34D,35D,44D,45D,46D,47D,55D,56D,59D,60D. The third-order valence-electron chi connectivity index (χ3n) is 27.4. The Balaban J connectivity index is 0.921. The van der Waals surface area contributed by atoms with Gasteiger partial charge in [-0.1, -0.05) is 327 Å². The van der Waals surface area contributed by atoms with Crippen LogP contribution < -0.4 is 31.1 Å². The van der Waals surface area contributed by atoms with Gasteiger partial charge in [-0.3, -0.25) is 0 Å². The van der Waals surface area contributed by atoms with Gasteiger partial charge in [-0.05, 0) is 286 Å². The Labute approximate surface area is 811 Å². The van der Waals surface area contributed by atoms with Crippen LogP contribution in [0.3, 0.4) is 0 Å². The van der Waals surface area contributed by atoms with E-state index in [4.69, 9.17) is 4.11 Å². The molecule has 134 heavy (non-hydrogen) atoms. The Bertz CT molecular complexity index is 9030. The number of para-hydroxylation sites is 2. The summed E-state index contributed by atoms with van der Waals surface area (Å²) in [5.41, 5.74) is 21.6. The van der Waals surface area contributed by atoms with Crippen LogP contribution in [0, 0.1) is 0 Å². The first kappa shape index (κ1) is 66.2. The number of anilines is 9. The van der Waals surface area contributed by atoms with Crippen molar-refractivity contribution in [1.29, 1.82) is 0 Å². The summed E-state index contributed by atoms with van der Waals surface area (Å²) < 4.78 is 174. The van der Waals surface area contributed by atoms with E-state index in [0.29, 0.717) is 39.3 Å². The van der Waals surface area contributed by atoms with Crippen molar-refractivity contribution in [3.05, 3.63) is 428 Å². The number of aromatic nitrogens is 3. The van der Waals surface area contributed by atoms with Gasteiger partial charge in [-0.2, -0.15) is 0 Å². The number of hydrogen-bond acceptors (Lipinski definition) is 3. The Kier molecular flexibility index (Phi) is 15.7. The molecule has 3 aromatic heterocycles. The Morgan fingerprint density at radius 3 is 1.18 bits per heavy atom. The fourth-order valence-electron chi connectivity index (χ4n) is 20.3. The molecular formula is C127H109BN6. The topological polar surface area (TPSA) is 24.5 Å². The van der Waals surface area contributed by atoms with Crippen molar-refractivity contribution in [3.63, 3.8) is 0 Å². The Morgan fingerprint density at radius 2 is 0.687 bits per heavy atom. The van der Waals surface area contributed by atoms with Gasteiger partial charge in [0.25, 0.3) is 6.71 Å². The molecule has 2 aliphatic rings. The van der Waals surface area contributed by atoms with Crippen molar-refractivity contribution in [2.75, 3.05) is 14.7 Å². The molecule has 0 amide bonds. The zero-order valence-corrected chi connectivity index (χ0v) is 77.6. The summed E-state index contributed by atoms with van der Waals surface area (Å²) in [6.07, 6.45) is 0. The monoisotopic (exact) mass is 1750 g/mol. The molecule has 0 bridgehead atoms. The smallest absolute Gasteiger partial charge is 0.252 e. The molecule has 6 nitrogen and oxygen atoms in total. The van der Waals surface area contributed by atoms with E-state index in [1.165, 1.54) is 15.7 Å². The predicted octanol–water partition coefficient (Wildman–Crippen LogP) is 33.2. The molecule has 0 N–H and O–H groups in total. The second-order valence-corrected chi connectivity index (χ2v) is 40.3. The summed E-state index contributed by atoms with van der Waals surface area (Å²) in [7, 11) is 0. The highest BCUT2D eigenvalue weighted by Crippen LogP contribution is 2.56. The molecule has 0 aliphatic carbocycles. The number of benzene rings is 18. The minimum Gasteiger partial charge on any atom is -0.311 e. The lowest BCUT2D eigenvalue weighted by Crippen LogP contribution is -2.61. The van der Waals surface area contributed by atoms with Gasteiger partial charge in [0.2, 0.25) is 0 Å². The van der Waals surface area contributed by atoms with Crippen LogP contribution in [0.15, 0.2) is 400 Å². The van der Waals surface area contributed by atoms with E-state index in [0.717, 1.165) is 127 Å². The van der Waals surface area contributed by atoms with E-state index < -0.39 is 115 Å². The summed E-state index contributed by atoms with van der Waals surface area (Å²) in [5, 5.41) is 3.59. The van der Waals surface area contributed by atoms with Gasteiger partial charge < -0.3 is 28.4 Å². The number of rotatable bonds is 14. The van der Waals surface area contributed by atoms with Crippen LogP contribution in [0.5, 0.6) is 0 Å². The molecule has 18 aromatic carbocycles. The lowest BCUT2D eigenvalue weighted by Gasteiger charge is -2.46. The van der Waals surface area contributed by atoms with Crippen LogP contribution in [0.4, 0.5) is 51.2 Å². The molecular weight excluding hydrogens is 1620 g/mol. The summed E-state index contributed by atoms with van der Waals surface area (Å²) in [4.78, 5) is 6.36. The van der Waals surface area contributed by atoms with Gasteiger partial charge in [0.05, 0.1) is 67.8 Å². The highest BCUT2D eigenvalue weighted by atomic mass is 15.2. The fraction of sp³-hybridized carbons (Fsp3) is 0.150. The Hall–Kier alpha value is -15.2. The van der Waals surface area contributed by atoms with Crippen molar-refractivity contribution in [3.8, 4) is 72.7 Å². The van der Waals surface area contributed by atoms with Gasteiger partial charge in [0.15, 0.2) is 0 Å². The quantitative estimate of drug-likeness (QED) is 0.101.